The molecule has 0 saturated carbocycles. The van der Waals surface area contributed by atoms with E-state index in [0.29, 0.717) is 17.9 Å². The van der Waals surface area contributed by atoms with E-state index in [9.17, 15) is 9.00 Å². The first-order valence-electron chi connectivity index (χ1n) is 5.42. The molecule has 0 radical (unpaired) electrons. The summed E-state index contributed by atoms with van der Waals surface area (Å²) in [5.41, 5.74) is 1.25. The van der Waals surface area contributed by atoms with Gasteiger partial charge < -0.3 is 10.4 Å². The molecule has 1 unspecified atom stereocenters. The van der Waals surface area contributed by atoms with Crippen LogP contribution in [0.25, 0.3) is 0 Å². The molecule has 0 aliphatic heterocycles. The summed E-state index contributed by atoms with van der Waals surface area (Å²) in [7, 11) is -0.741. The van der Waals surface area contributed by atoms with E-state index in [0.717, 1.165) is 18.5 Å². The van der Waals surface area contributed by atoms with Crippen molar-refractivity contribution in [2.24, 2.45) is 0 Å². The summed E-state index contributed by atoms with van der Waals surface area (Å²) in [6.45, 7) is 1.42. The summed E-state index contributed by atoms with van der Waals surface area (Å²) in [6.07, 6.45) is 2.55. The number of nitrogens with one attached hydrogen (secondary N) is 1. The summed E-state index contributed by atoms with van der Waals surface area (Å²) in [6, 6.07) is 6.86. The van der Waals surface area contributed by atoms with Gasteiger partial charge in [0, 0.05) is 29.4 Å². The van der Waals surface area contributed by atoms with Crippen molar-refractivity contribution in [3.8, 4) is 0 Å². The van der Waals surface area contributed by atoms with Gasteiger partial charge in [0.2, 0.25) is 0 Å². The second kappa shape index (κ2) is 7.19. The molecule has 0 amide bonds. The lowest BCUT2D eigenvalue weighted by atomic mass is 10.1. The average molecular weight is 255 g/mol. The van der Waals surface area contributed by atoms with E-state index >= 15 is 0 Å². The highest BCUT2D eigenvalue weighted by atomic mass is 32.2. The number of rotatable bonds is 7. The van der Waals surface area contributed by atoms with Crippen molar-refractivity contribution >= 4 is 16.8 Å². The Hall–Kier alpha value is -1.20. The normalized spacial score (nSPS) is 12.3. The minimum Gasteiger partial charge on any atom is -0.478 e. The molecule has 4 nitrogen and oxygen atoms in total. The molecule has 0 heterocycles. The lowest BCUT2D eigenvalue weighted by molar-refractivity contribution is 0.0696. The topological polar surface area (TPSA) is 66.4 Å². The maximum atomic E-state index is 10.8. The molecule has 0 fully saturated rings. The van der Waals surface area contributed by atoms with Gasteiger partial charge in [-0.25, -0.2) is 4.79 Å². The quantitative estimate of drug-likeness (QED) is 0.719. The molecule has 17 heavy (non-hydrogen) atoms. The third-order valence-electron chi connectivity index (χ3n) is 2.29. The first-order chi connectivity index (χ1) is 8.09. The summed E-state index contributed by atoms with van der Waals surface area (Å²) in [4.78, 5) is 10.8. The van der Waals surface area contributed by atoms with Crippen molar-refractivity contribution < 1.29 is 14.1 Å². The Labute approximate surface area is 104 Å². The molecule has 0 saturated heterocycles. The zero-order chi connectivity index (χ0) is 12.7. The van der Waals surface area contributed by atoms with Crippen molar-refractivity contribution in [2.75, 3.05) is 18.6 Å². The van der Waals surface area contributed by atoms with E-state index in [2.05, 4.69) is 5.32 Å². The van der Waals surface area contributed by atoms with Crippen LogP contribution in [0.3, 0.4) is 0 Å². The summed E-state index contributed by atoms with van der Waals surface area (Å²) in [5.74, 6) is -0.212. The fourth-order valence-electron chi connectivity index (χ4n) is 1.45. The van der Waals surface area contributed by atoms with E-state index < -0.39 is 16.8 Å². The standard InChI is InChI=1S/C12H17NO3S/c1-17(16)7-3-6-13-9-10-4-2-5-11(8-10)12(14)15/h2,4-5,8,13H,3,6-7,9H2,1H3,(H,14,15). The van der Waals surface area contributed by atoms with Gasteiger partial charge in [-0.2, -0.15) is 0 Å². The second-order valence-corrected chi connectivity index (χ2v) is 5.37. The molecule has 0 spiro atoms. The predicted octanol–water partition coefficient (Wildman–Crippen LogP) is 1.24. The third kappa shape index (κ3) is 5.60. The molecule has 94 valence electrons. The van der Waals surface area contributed by atoms with Crippen molar-refractivity contribution in [1.82, 2.24) is 5.32 Å². The maximum Gasteiger partial charge on any atom is 0.335 e. The van der Waals surface area contributed by atoms with Gasteiger partial charge in [0.25, 0.3) is 0 Å². The van der Waals surface area contributed by atoms with Crippen LogP contribution >= 0.6 is 0 Å². The van der Waals surface area contributed by atoms with Crippen LogP contribution in [0.15, 0.2) is 24.3 Å². The van der Waals surface area contributed by atoms with E-state index in [4.69, 9.17) is 5.11 Å². The van der Waals surface area contributed by atoms with Crippen LogP contribution in [0.2, 0.25) is 0 Å². The lowest BCUT2D eigenvalue weighted by Crippen LogP contribution is -2.16. The Kier molecular flexibility index (Phi) is 5.86. The molecule has 5 heteroatoms. The fourth-order valence-corrected chi connectivity index (χ4v) is 2.00. The van der Waals surface area contributed by atoms with Crippen molar-refractivity contribution in [2.45, 2.75) is 13.0 Å². The minimum absolute atomic E-state index is 0.305. The van der Waals surface area contributed by atoms with Gasteiger partial charge in [0.15, 0.2) is 0 Å². The largest absolute Gasteiger partial charge is 0.478 e. The monoisotopic (exact) mass is 255 g/mol. The van der Waals surface area contributed by atoms with Gasteiger partial charge in [0.05, 0.1) is 5.56 Å². The van der Waals surface area contributed by atoms with Crippen LogP contribution in [0.4, 0.5) is 0 Å². The number of aromatic carboxylic acids is 1. The van der Waals surface area contributed by atoms with E-state index in [1.54, 1.807) is 24.5 Å². The summed E-state index contributed by atoms with van der Waals surface area (Å²) >= 11 is 0. The molecule has 0 aliphatic rings. The van der Waals surface area contributed by atoms with Crippen LogP contribution < -0.4 is 5.32 Å². The van der Waals surface area contributed by atoms with E-state index in [1.807, 2.05) is 6.07 Å². The minimum atomic E-state index is -0.909. The molecule has 1 aromatic carbocycles. The molecule has 0 aromatic heterocycles. The second-order valence-electron chi connectivity index (χ2n) is 3.81. The van der Waals surface area contributed by atoms with Crippen LogP contribution in [-0.2, 0) is 17.3 Å². The molecular weight excluding hydrogens is 238 g/mol. The molecule has 0 bridgehead atoms. The van der Waals surface area contributed by atoms with Crippen LogP contribution in [-0.4, -0.2) is 33.8 Å². The highest BCUT2D eigenvalue weighted by molar-refractivity contribution is 7.84. The summed E-state index contributed by atoms with van der Waals surface area (Å²) < 4.78 is 10.8. The number of benzene rings is 1. The molecule has 1 atom stereocenters. The Morgan fingerprint density at radius 3 is 2.88 bits per heavy atom. The average Bonchev–Trinajstić information content (AvgIpc) is 2.28. The van der Waals surface area contributed by atoms with E-state index in [1.165, 1.54) is 0 Å². The number of carboxylic acid groups (broad SMARTS) is 1. The fraction of sp³-hybridized carbons (Fsp3) is 0.417. The highest BCUT2D eigenvalue weighted by Gasteiger charge is 2.02. The number of carboxylic acids is 1. The molecule has 1 aromatic rings. The molecule has 0 aliphatic carbocycles. The van der Waals surface area contributed by atoms with Gasteiger partial charge in [-0.3, -0.25) is 4.21 Å². The zero-order valence-corrected chi connectivity index (χ0v) is 10.6. The maximum absolute atomic E-state index is 10.8. The number of carbonyl (C=O) groups is 1. The van der Waals surface area contributed by atoms with Gasteiger partial charge >= 0.3 is 5.97 Å². The lowest BCUT2D eigenvalue weighted by Gasteiger charge is -2.05. The van der Waals surface area contributed by atoms with Crippen LogP contribution in [0, 0.1) is 0 Å². The highest BCUT2D eigenvalue weighted by Crippen LogP contribution is 2.04. The number of hydrogen-bond acceptors (Lipinski definition) is 3. The Bertz CT molecular complexity index is 406. The Morgan fingerprint density at radius 1 is 1.47 bits per heavy atom. The van der Waals surface area contributed by atoms with Crippen molar-refractivity contribution in [3.63, 3.8) is 0 Å². The molecule has 2 N–H and O–H groups in total. The SMILES string of the molecule is CS(=O)CCCNCc1cccc(C(=O)O)c1. The zero-order valence-electron chi connectivity index (χ0n) is 9.81. The van der Waals surface area contributed by atoms with Gasteiger partial charge in [-0.15, -0.1) is 0 Å². The first kappa shape index (κ1) is 13.9. The smallest absolute Gasteiger partial charge is 0.335 e. The van der Waals surface area contributed by atoms with Gasteiger partial charge in [-0.05, 0) is 30.7 Å². The Balaban J connectivity index is 2.34. The molecule has 1 rings (SSSR count). The van der Waals surface area contributed by atoms with Crippen LogP contribution in [0.5, 0.6) is 0 Å². The third-order valence-corrected chi connectivity index (χ3v) is 3.15. The predicted molar refractivity (Wildman–Crippen MR) is 68.7 cm³/mol. The molecular formula is C12H17NO3S. The van der Waals surface area contributed by atoms with Crippen molar-refractivity contribution in [3.05, 3.63) is 35.4 Å². The summed E-state index contributed by atoms with van der Waals surface area (Å²) in [5, 5.41) is 12.0. The van der Waals surface area contributed by atoms with Crippen LogP contribution in [0.1, 0.15) is 22.3 Å². The van der Waals surface area contributed by atoms with E-state index in [-0.39, 0.29) is 0 Å². The van der Waals surface area contributed by atoms with Crippen molar-refractivity contribution in [1.29, 1.82) is 0 Å². The first-order valence-corrected chi connectivity index (χ1v) is 7.15. The van der Waals surface area contributed by atoms with Gasteiger partial charge in [-0.1, -0.05) is 12.1 Å². The van der Waals surface area contributed by atoms with Gasteiger partial charge in [0.1, 0.15) is 0 Å². The number of hydrogen-bond donors (Lipinski definition) is 2. The Morgan fingerprint density at radius 2 is 2.24 bits per heavy atom.